The smallest absolute Gasteiger partial charge is 0.0728 e. The van der Waals surface area contributed by atoms with E-state index in [9.17, 15) is 0 Å². The molecule has 1 unspecified atom stereocenters. The number of hydrogen-bond acceptors (Lipinski definition) is 3. The van der Waals surface area contributed by atoms with E-state index < -0.39 is 0 Å². The Kier molecular flexibility index (Phi) is 5.26. The number of nitrogens with one attached hydrogen (secondary N) is 1. The number of rotatable bonds is 1. The summed E-state index contributed by atoms with van der Waals surface area (Å²) in [5.41, 5.74) is 0. The summed E-state index contributed by atoms with van der Waals surface area (Å²) >= 11 is 0. The summed E-state index contributed by atoms with van der Waals surface area (Å²) in [7, 11) is 2.19. The number of piperazine rings is 1. The van der Waals surface area contributed by atoms with Crippen molar-refractivity contribution in [3.8, 4) is 0 Å². The van der Waals surface area contributed by atoms with Crippen LogP contribution >= 0.6 is 0 Å². The van der Waals surface area contributed by atoms with Crippen LogP contribution in [-0.2, 0) is 0 Å². The van der Waals surface area contributed by atoms with Crippen LogP contribution in [0.15, 0.2) is 0 Å². The lowest BCUT2D eigenvalue weighted by molar-refractivity contribution is 0.146. The van der Waals surface area contributed by atoms with Gasteiger partial charge in [-0.1, -0.05) is 39.0 Å². The lowest BCUT2D eigenvalue weighted by atomic mass is 9.91. The first-order chi connectivity index (χ1) is 8.25. The van der Waals surface area contributed by atoms with E-state index in [1.165, 1.54) is 64.8 Å². The maximum atomic E-state index is 3.33. The van der Waals surface area contributed by atoms with Crippen LogP contribution in [-0.4, -0.2) is 55.7 Å². The topological polar surface area (TPSA) is 28.4 Å². The van der Waals surface area contributed by atoms with Gasteiger partial charge in [-0.15, -0.1) is 0 Å². The van der Waals surface area contributed by atoms with E-state index in [2.05, 4.69) is 29.1 Å². The molecule has 0 aromatic carbocycles. The molecular formula is C14H29N3. The molecule has 2 aliphatic heterocycles. The predicted molar refractivity (Wildman–Crippen MR) is 73.1 cm³/mol. The Balaban J connectivity index is 0.000000136. The van der Waals surface area contributed by atoms with Gasteiger partial charge in [0.2, 0.25) is 0 Å². The first kappa shape index (κ1) is 13.3. The van der Waals surface area contributed by atoms with Crippen LogP contribution < -0.4 is 5.32 Å². The molecule has 3 nitrogen and oxygen atoms in total. The van der Waals surface area contributed by atoms with Crippen LogP contribution in [0.5, 0.6) is 0 Å². The van der Waals surface area contributed by atoms with Crippen molar-refractivity contribution >= 4 is 0 Å². The maximum absolute atomic E-state index is 3.33. The molecule has 1 atom stereocenters. The monoisotopic (exact) mass is 239 g/mol. The molecule has 0 amide bonds. The van der Waals surface area contributed by atoms with Crippen LogP contribution in [0.2, 0.25) is 0 Å². The van der Waals surface area contributed by atoms with Gasteiger partial charge < -0.3 is 4.90 Å². The first-order valence-electron chi connectivity index (χ1n) is 7.41. The summed E-state index contributed by atoms with van der Waals surface area (Å²) < 4.78 is 0. The van der Waals surface area contributed by atoms with Crippen LogP contribution in [0.25, 0.3) is 0 Å². The predicted octanol–water partition coefficient (Wildman–Crippen LogP) is 1.75. The van der Waals surface area contributed by atoms with Gasteiger partial charge in [-0.25, -0.2) is 0 Å². The van der Waals surface area contributed by atoms with E-state index in [-0.39, 0.29) is 0 Å². The zero-order chi connectivity index (χ0) is 12.1. The van der Waals surface area contributed by atoms with E-state index in [4.69, 9.17) is 0 Å². The van der Waals surface area contributed by atoms with Crippen LogP contribution in [0, 0.1) is 5.92 Å². The normalized spacial score (nSPS) is 31.8. The second kappa shape index (κ2) is 6.72. The third-order valence-electron chi connectivity index (χ3n) is 4.26. The van der Waals surface area contributed by atoms with Gasteiger partial charge in [0.05, 0.1) is 6.17 Å². The Morgan fingerprint density at radius 2 is 1.53 bits per heavy atom. The molecule has 2 heterocycles. The second-order valence-electron chi connectivity index (χ2n) is 6.01. The quantitative estimate of drug-likeness (QED) is 0.707. The van der Waals surface area contributed by atoms with E-state index in [1.54, 1.807) is 0 Å². The Labute approximate surface area is 107 Å². The minimum Gasteiger partial charge on any atom is -0.304 e. The lowest BCUT2D eigenvalue weighted by Gasteiger charge is -2.31. The van der Waals surface area contributed by atoms with Crippen LogP contribution in [0.3, 0.4) is 0 Å². The molecule has 0 spiro atoms. The Bertz CT molecular complexity index is 202. The highest BCUT2D eigenvalue weighted by atomic mass is 15.4. The highest BCUT2D eigenvalue weighted by molar-refractivity contribution is 4.86. The zero-order valence-electron chi connectivity index (χ0n) is 11.6. The number of nitrogens with zero attached hydrogens (tertiary/aromatic N) is 2. The molecule has 3 rings (SSSR count). The molecule has 0 aromatic rings. The standard InChI is InChI=1S/C7H15N3.C7H14/c1-9-2-4-10(5-3-9)7-6-8-7;1-7-5-3-2-4-6-7/h7-8H,2-6H2,1H3;7H,2-6H2,1H3. The lowest BCUT2D eigenvalue weighted by Crippen LogP contribution is -2.46. The van der Waals surface area contributed by atoms with E-state index >= 15 is 0 Å². The first-order valence-corrected chi connectivity index (χ1v) is 7.41. The molecule has 1 N–H and O–H groups in total. The summed E-state index contributed by atoms with van der Waals surface area (Å²) in [4.78, 5) is 4.92. The fourth-order valence-electron chi connectivity index (χ4n) is 2.75. The molecule has 3 heteroatoms. The average molecular weight is 239 g/mol. The molecule has 3 aliphatic rings. The van der Waals surface area contributed by atoms with E-state index in [0.717, 1.165) is 12.1 Å². The van der Waals surface area contributed by atoms with Gasteiger partial charge >= 0.3 is 0 Å². The Hall–Kier alpha value is -0.120. The molecule has 0 radical (unpaired) electrons. The van der Waals surface area contributed by atoms with Gasteiger partial charge in [0.1, 0.15) is 0 Å². The summed E-state index contributed by atoms with van der Waals surface area (Å²) in [6.07, 6.45) is 8.17. The van der Waals surface area contributed by atoms with Crippen molar-refractivity contribution in [2.45, 2.75) is 45.2 Å². The molecule has 2 saturated heterocycles. The Morgan fingerprint density at radius 3 is 1.94 bits per heavy atom. The van der Waals surface area contributed by atoms with Crippen molar-refractivity contribution in [2.75, 3.05) is 39.8 Å². The van der Waals surface area contributed by atoms with E-state index in [0.29, 0.717) is 0 Å². The zero-order valence-corrected chi connectivity index (χ0v) is 11.6. The SMILES string of the molecule is CC1CCCCC1.CN1CCN(C2CN2)CC1. The van der Waals surface area contributed by atoms with Gasteiger partial charge in [0.15, 0.2) is 0 Å². The van der Waals surface area contributed by atoms with Crippen LogP contribution in [0.1, 0.15) is 39.0 Å². The van der Waals surface area contributed by atoms with Crippen LogP contribution in [0.4, 0.5) is 0 Å². The van der Waals surface area contributed by atoms with Crippen molar-refractivity contribution in [3.05, 3.63) is 0 Å². The fourth-order valence-corrected chi connectivity index (χ4v) is 2.75. The molecule has 1 saturated carbocycles. The second-order valence-corrected chi connectivity index (χ2v) is 6.01. The fraction of sp³-hybridized carbons (Fsp3) is 1.00. The van der Waals surface area contributed by atoms with Crippen molar-refractivity contribution in [2.24, 2.45) is 5.92 Å². The largest absolute Gasteiger partial charge is 0.304 e. The molecule has 1 aliphatic carbocycles. The minimum absolute atomic E-state index is 0.730. The average Bonchev–Trinajstić information content (AvgIpc) is 3.16. The Morgan fingerprint density at radius 1 is 0.941 bits per heavy atom. The van der Waals surface area contributed by atoms with Gasteiger partial charge in [-0.2, -0.15) is 0 Å². The van der Waals surface area contributed by atoms with Crippen molar-refractivity contribution in [1.29, 1.82) is 0 Å². The molecule has 0 bridgehead atoms. The summed E-state index contributed by atoms with van der Waals surface area (Å²) in [5, 5.41) is 3.33. The number of hydrogen-bond donors (Lipinski definition) is 1. The molecular weight excluding hydrogens is 210 g/mol. The highest BCUT2D eigenvalue weighted by Gasteiger charge is 2.29. The molecule has 0 aromatic heterocycles. The van der Waals surface area contributed by atoms with Gasteiger partial charge in [0.25, 0.3) is 0 Å². The van der Waals surface area contributed by atoms with Crippen molar-refractivity contribution in [3.63, 3.8) is 0 Å². The van der Waals surface area contributed by atoms with Gasteiger partial charge in [-0.05, 0) is 13.0 Å². The van der Waals surface area contributed by atoms with Gasteiger partial charge in [-0.3, -0.25) is 10.2 Å². The number of likely N-dealkylation sites (N-methyl/N-ethyl adjacent to an activating group) is 1. The summed E-state index contributed by atoms with van der Waals surface area (Å²) in [6, 6.07) is 0. The third-order valence-corrected chi connectivity index (χ3v) is 4.26. The molecule has 100 valence electrons. The van der Waals surface area contributed by atoms with Gasteiger partial charge in [0, 0.05) is 32.7 Å². The minimum atomic E-state index is 0.730. The molecule has 3 fully saturated rings. The van der Waals surface area contributed by atoms with E-state index in [1.807, 2.05) is 0 Å². The highest BCUT2D eigenvalue weighted by Crippen LogP contribution is 2.22. The maximum Gasteiger partial charge on any atom is 0.0728 e. The van der Waals surface area contributed by atoms with Crippen molar-refractivity contribution < 1.29 is 0 Å². The summed E-state index contributed by atoms with van der Waals surface area (Å²) in [6.45, 7) is 8.53. The third kappa shape index (κ3) is 4.94. The van der Waals surface area contributed by atoms with Crippen molar-refractivity contribution in [1.82, 2.24) is 15.1 Å². The summed E-state index contributed by atoms with van der Waals surface area (Å²) in [5.74, 6) is 1.04. The molecule has 17 heavy (non-hydrogen) atoms.